The summed E-state index contributed by atoms with van der Waals surface area (Å²) in [7, 11) is -7.37. The Bertz CT molecular complexity index is 1050. The van der Waals surface area contributed by atoms with Crippen LogP contribution in [0.1, 0.15) is 62.5 Å². The molecule has 0 aromatic heterocycles. The van der Waals surface area contributed by atoms with E-state index in [1.54, 1.807) is 48.5 Å². The Balaban J connectivity index is 1.47. The third kappa shape index (κ3) is 10.4. The number of hydrogen-bond acceptors (Lipinski definition) is 6. The van der Waals surface area contributed by atoms with Crippen molar-refractivity contribution in [1.82, 2.24) is 0 Å². The van der Waals surface area contributed by atoms with Gasteiger partial charge in [-0.25, -0.2) is 0 Å². The van der Waals surface area contributed by atoms with Crippen LogP contribution in [0.15, 0.2) is 58.3 Å². The van der Waals surface area contributed by atoms with Gasteiger partial charge in [0, 0.05) is 12.8 Å². The average molecular weight is 507 g/mol. The minimum absolute atomic E-state index is 0.172. The molecule has 2 rings (SSSR count). The topological polar surface area (TPSA) is 86.7 Å². The first-order chi connectivity index (χ1) is 16.2. The minimum atomic E-state index is -3.69. The molecule has 0 aliphatic carbocycles. The first-order valence-electron chi connectivity index (χ1n) is 11.6. The van der Waals surface area contributed by atoms with Gasteiger partial charge in [0.1, 0.15) is 0 Å². The second-order valence-corrected chi connectivity index (χ2v) is 11.4. The first kappa shape index (κ1) is 28.1. The molecule has 0 radical (unpaired) electrons. The monoisotopic (exact) mass is 506 g/mol. The van der Waals surface area contributed by atoms with Crippen LogP contribution in [-0.2, 0) is 28.6 Å². The molecule has 186 valence electrons. The Kier molecular flexibility index (Phi) is 11.8. The molecule has 0 spiro atoms. The standard InChI is InChI=1S/C26H34O6S2/c1-23-13-17-25(18-14-23)33(27,28)31-21-11-9-7-5-3-4-6-8-10-12-22-32-34(29,30)26-19-15-24(2)16-20-26/h13-20H,5-12,21-22H2,1-2H3. The summed E-state index contributed by atoms with van der Waals surface area (Å²) in [5.74, 6) is 6.26. The lowest BCUT2D eigenvalue weighted by atomic mass is 10.2. The molecule has 0 amide bonds. The Morgan fingerprint density at radius 3 is 1.26 bits per heavy atom. The van der Waals surface area contributed by atoms with Crippen LogP contribution in [0.25, 0.3) is 0 Å². The summed E-state index contributed by atoms with van der Waals surface area (Å²) in [5.41, 5.74) is 2.00. The molecule has 0 atom stereocenters. The van der Waals surface area contributed by atoms with Crippen LogP contribution in [0.2, 0.25) is 0 Å². The van der Waals surface area contributed by atoms with E-state index >= 15 is 0 Å². The third-order valence-corrected chi connectivity index (χ3v) is 7.77. The highest BCUT2D eigenvalue weighted by atomic mass is 32.2. The highest BCUT2D eigenvalue weighted by Gasteiger charge is 2.15. The van der Waals surface area contributed by atoms with Gasteiger partial charge in [0.05, 0.1) is 23.0 Å². The fourth-order valence-electron chi connectivity index (χ4n) is 3.04. The molecule has 0 unspecified atom stereocenters. The zero-order valence-electron chi connectivity index (χ0n) is 20.0. The van der Waals surface area contributed by atoms with Crippen LogP contribution in [0.5, 0.6) is 0 Å². The largest absolute Gasteiger partial charge is 0.296 e. The van der Waals surface area contributed by atoms with Gasteiger partial charge in [-0.3, -0.25) is 8.37 Å². The summed E-state index contributed by atoms with van der Waals surface area (Å²) in [5, 5.41) is 0. The molecule has 34 heavy (non-hydrogen) atoms. The molecule has 0 aliphatic rings. The van der Waals surface area contributed by atoms with Gasteiger partial charge in [0.2, 0.25) is 0 Å². The molecule has 0 bridgehead atoms. The van der Waals surface area contributed by atoms with Crippen molar-refractivity contribution >= 4 is 20.2 Å². The lowest BCUT2D eigenvalue weighted by Gasteiger charge is -2.05. The average Bonchev–Trinajstić information content (AvgIpc) is 2.80. The van der Waals surface area contributed by atoms with Gasteiger partial charge in [0.25, 0.3) is 20.2 Å². The van der Waals surface area contributed by atoms with E-state index in [2.05, 4.69) is 11.8 Å². The molecule has 8 heteroatoms. The van der Waals surface area contributed by atoms with Crippen molar-refractivity contribution in [2.75, 3.05) is 13.2 Å². The second kappa shape index (κ2) is 14.3. The van der Waals surface area contributed by atoms with Crippen molar-refractivity contribution in [3.63, 3.8) is 0 Å². The number of unbranched alkanes of at least 4 members (excludes halogenated alkanes) is 6. The predicted octanol–water partition coefficient (Wildman–Crippen LogP) is 5.54. The Hall–Kier alpha value is -2.18. The van der Waals surface area contributed by atoms with Gasteiger partial charge >= 0.3 is 0 Å². The van der Waals surface area contributed by atoms with Crippen LogP contribution >= 0.6 is 0 Å². The Morgan fingerprint density at radius 2 is 0.912 bits per heavy atom. The van der Waals surface area contributed by atoms with E-state index in [0.717, 1.165) is 49.7 Å². The molecule has 0 fully saturated rings. The SMILES string of the molecule is Cc1ccc(S(=O)(=O)OCCCCCC#CCCCCCOS(=O)(=O)c2ccc(C)cc2)cc1. The van der Waals surface area contributed by atoms with E-state index in [1.165, 1.54) is 0 Å². The maximum Gasteiger partial charge on any atom is 0.296 e. The molecule has 0 heterocycles. The van der Waals surface area contributed by atoms with E-state index in [-0.39, 0.29) is 23.0 Å². The van der Waals surface area contributed by atoms with Gasteiger partial charge < -0.3 is 0 Å². The number of benzene rings is 2. The van der Waals surface area contributed by atoms with Crippen molar-refractivity contribution < 1.29 is 25.2 Å². The first-order valence-corrected chi connectivity index (χ1v) is 14.4. The van der Waals surface area contributed by atoms with Crippen molar-refractivity contribution in [2.24, 2.45) is 0 Å². The van der Waals surface area contributed by atoms with Crippen LogP contribution in [0, 0.1) is 25.7 Å². The zero-order valence-corrected chi connectivity index (χ0v) is 21.6. The second-order valence-electron chi connectivity index (χ2n) is 8.15. The molecule has 6 nitrogen and oxygen atoms in total. The maximum atomic E-state index is 12.1. The summed E-state index contributed by atoms with van der Waals surface area (Å²) in [6.07, 6.45) is 6.36. The molecule has 2 aromatic rings. The maximum absolute atomic E-state index is 12.1. The Labute approximate surface area is 204 Å². The van der Waals surface area contributed by atoms with Crippen molar-refractivity contribution in [2.45, 2.75) is 75.0 Å². The minimum Gasteiger partial charge on any atom is -0.266 e. The number of aryl methyl sites for hydroxylation is 2. The third-order valence-electron chi connectivity index (χ3n) is 5.11. The molecule has 0 saturated carbocycles. The van der Waals surface area contributed by atoms with Crippen LogP contribution in [0.4, 0.5) is 0 Å². The van der Waals surface area contributed by atoms with Crippen LogP contribution in [0.3, 0.4) is 0 Å². The van der Waals surface area contributed by atoms with Crippen molar-refractivity contribution in [3.05, 3.63) is 59.7 Å². The molecule has 0 aliphatic heterocycles. The zero-order chi connectivity index (χ0) is 24.9. The normalized spacial score (nSPS) is 11.7. The van der Waals surface area contributed by atoms with Gasteiger partial charge in [0.15, 0.2) is 0 Å². The fourth-order valence-corrected chi connectivity index (χ4v) is 4.93. The van der Waals surface area contributed by atoms with Gasteiger partial charge in [-0.15, -0.1) is 11.8 Å². The van der Waals surface area contributed by atoms with E-state index in [4.69, 9.17) is 8.37 Å². The lowest BCUT2D eigenvalue weighted by Crippen LogP contribution is -2.07. The fraction of sp³-hybridized carbons (Fsp3) is 0.462. The van der Waals surface area contributed by atoms with E-state index in [1.807, 2.05) is 13.8 Å². The summed E-state index contributed by atoms with van der Waals surface area (Å²) in [6.45, 7) is 4.15. The highest BCUT2D eigenvalue weighted by Crippen LogP contribution is 2.15. The summed E-state index contributed by atoms with van der Waals surface area (Å²) in [4.78, 5) is 0.367. The van der Waals surface area contributed by atoms with Crippen LogP contribution in [-0.4, -0.2) is 30.0 Å². The Morgan fingerprint density at radius 1 is 0.559 bits per heavy atom. The lowest BCUT2D eigenvalue weighted by molar-refractivity contribution is 0.306. The smallest absolute Gasteiger partial charge is 0.266 e. The van der Waals surface area contributed by atoms with E-state index < -0.39 is 20.2 Å². The summed E-state index contributed by atoms with van der Waals surface area (Å²) >= 11 is 0. The molecule has 2 aromatic carbocycles. The molecule has 0 N–H and O–H groups in total. The summed E-state index contributed by atoms with van der Waals surface area (Å²) < 4.78 is 58.5. The van der Waals surface area contributed by atoms with Crippen molar-refractivity contribution in [1.29, 1.82) is 0 Å². The van der Waals surface area contributed by atoms with E-state index in [0.29, 0.717) is 12.8 Å². The van der Waals surface area contributed by atoms with Gasteiger partial charge in [-0.2, -0.15) is 16.8 Å². The van der Waals surface area contributed by atoms with Gasteiger partial charge in [-0.1, -0.05) is 48.2 Å². The quantitative estimate of drug-likeness (QED) is 0.190. The number of rotatable bonds is 14. The van der Waals surface area contributed by atoms with Crippen LogP contribution < -0.4 is 0 Å². The number of hydrogen-bond donors (Lipinski definition) is 0. The van der Waals surface area contributed by atoms with E-state index in [9.17, 15) is 16.8 Å². The van der Waals surface area contributed by atoms with Crippen molar-refractivity contribution in [3.8, 4) is 11.8 Å². The molecular formula is C26H34O6S2. The highest BCUT2D eigenvalue weighted by molar-refractivity contribution is 7.87. The molecule has 0 saturated heterocycles. The molecular weight excluding hydrogens is 472 g/mol. The summed E-state index contributed by atoms with van der Waals surface area (Å²) in [6, 6.07) is 13.2. The van der Waals surface area contributed by atoms with Gasteiger partial charge in [-0.05, 0) is 63.8 Å². The predicted molar refractivity (Wildman–Crippen MR) is 133 cm³/mol.